The lowest BCUT2D eigenvalue weighted by Gasteiger charge is -2.14. The van der Waals surface area contributed by atoms with Gasteiger partial charge in [0.1, 0.15) is 5.56 Å². The minimum absolute atomic E-state index is 0.351. The number of hydrogen-bond donors (Lipinski definition) is 2. The van der Waals surface area contributed by atoms with Gasteiger partial charge in [0.15, 0.2) is 11.6 Å². The molecule has 1 amide bonds. The zero-order chi connectivity index (χ0) is 14.6. The number of hydrogen-bond acceptors (Lipinski definition) is 4. The molecule has 19 heavy (non-hydrogen) atoms. The number of aliphatic hydroxyl groups excluding tert-OH is 1. The van der Waals surface area contributed by atoms with Crippen LogP contribution in [0.25, 0.3) is 0 Å². The second-order valence-electron chi connectivity index (χ2n) is 3.80. The zero-order valence-electron chi connectivity index (χ0n) is 10.0. The maximum atomic E-state index is 13.1. The van der Waals surface area contributed by atoms with Crippen molar-refractivity contribution < 1.29 is 23.6 Å². The van der Waals surface area contributed by atoms with Crippen molar-refractivity contribution in [2.24, 2.45) is 0 Å². The SMILES string of the molecule is CC[C@H](CO)NC(=O)c1cc(F)c(F)cc1[N+](=O)[O-]. The van der Waals surface area contributed by atoms with Crippen LogP contribution in [0.4, 0.5) is 14.5 Å². The third-order valence-corrected chi connectivity index (χ3v) is 2.53. The Labute approximate surface area is 107 Å². The van der Waals surface area contributed by atoms with Gasteiger partial charge in [-0.15, -0.1) is 0 Å². The standard InChI is InChI=1S/C11H12F2N2O4/c1-2-6(5-16)14-11(17)7-3-8(12)9(13)4-10(7)15(18)19/h3-4,6,16H,2,5H2,1H3,(H,14,17)/t6-/m1/s1. The summed E-state index contributed by atoms with van der Waals surface area (Å²) in [6.45, 7) is 1.32. The first kappa shape index (κ1) is 15.0. The molecule has 0 bridgehead atoms. The molecule has 0 unspecified atom stereocenters. The summed E-state index contributed by atoms with van der Waals surface area (Å²) < 4.78 is 26.0. The molecule has 1 aromatic carbocycles. The second kappa shape index (κ2) is 6.19. The molecule has 0 aromatic heterocycles. The smallest absolute Gasteiger partial charge is 0.285 e. The summed E-state index contributed by atoms with van der Waals surface area (Å²) in [5.74, 6) is -3.70. The molecule has 0 aliphatic carbocycles. The monoisotopic (exact) mass is 274 g/mol. The minimum Gasteiger partial charge on any atom is -0.394 e. The van der Waals surface area contributed by atoms with Gasteiger partial charge in [0.05, 0.1) is 23.6 Å². The van der Waals surface area contributed by atoms with Gasteiger partial charge in [0, 0.05) is 0 Å². The van der Waals surface area contributed by atoms with Crippen LogP contribution in [-0.4, -0.2) is 28.6 Å². The lowest BCUT2D eigenvalue weighted by atomic mass is 10.1. The molecule has 0 radical (unpaired) electrons. The van der Waals surface area contributed by atoms with E-state index in [9.17, 15) is 23.7 Å². The average Bonchev–Trinajstić information content (AvgIpc) is 2.37. The van der Waals surface area contributed by atoms with Crippen LogP contribution >= 0.6 is 0 Å². The van der Waals surface area contributed by atoms with Gasteiger partial charge in [-0.2, -0.15) is 0 Å². The fourth-order valence-electron chi connectivity index (χ4n) is 1.41. The maximum Gasteiger partial charge on any atom is 0.285 e. The van der Waals surface area contributed by atoms with E-state index in [1.807, 2.05) is 0 Å². The topological polar surface area (TPSA) is 92.5 Å². The highest BCUT2D eigenvalue weighted by molar-refractivity contribution is 5.98. The third kappa shape index (κ3) is 3.44. The van der Waals surface area contributed by atoms with Crippen LogP contribution in [-0.2, 0) is 0 Å². The van der Waals surface area contributed by atoms with Crippen LogP contribution in [0.3, 0.4) is 0 Å². The van der Waals surface area contributed by atoms with Crippen molar-refractivity contribution >= 4 is 11.6 Å². The number of carbonyl (C=O) groups is 1. The lowest BCUT2D eigenvalue weighted by Crippen LogP contribution is -2.37. The normalized spacial score (nSPS) is 12.0. The van der Waals surface area contributed by atoms with E-state index in [1.165, 1.54) is 0 Å². The first-order chi connectivity index (χ1) is 8.90. The maximum absolute atomic E-state index is 13.1. The van der Waals surface area contributed by atoms with Gasteiger partial charge in [-0.25, -0.2) is 8.78 Å². The summed E-state index contributed by atoms with van der Waals surface area (Å²) >= 11 is 0. The Hall–Kier alpha value is -2.09. The summed E-state index contributed by atoms with van der Waals surface area (Å²) in [5.41, 5.74) is -1.42. The summed E-state index contributed by atoms with van der Waals surface area (Å²) in [6.07, 6.45) is 0.389. The van der Waals surface area contributed by atoms with Crippen LogP contribution in [0, 0.1) is 21.7 Å². The Morgan fingerprint density at radius 2 is 2.05 bits per heavy atom. The summed E-state index contributed by atoms with van der Waals surface area (Å²) in [7, 11) is 0. The first-order valence-corrected chi connectivity index (χ1v) is 5.45. The van der Waals surface area contributed by atoms with E-state index < -0.39 is 39.8 Å². The van der Waals surface area contributed by atoms with Crippen molar-refractivity contribution in [3.05, 3.63) is 39.4 Å². The third-order valence-electron chi connectivity index (χ3n) is 2.53. The molecule has 0 spiro atoms. The van der Waals surface area contributed by atoms with E-state index >= 15 is 0 Å². The molecule has 104 valence electrons. The van der Waals surface area contributed by atoms with E-state index in [0.717, 1.165) is 0 Å². The summed E-state index contributed by atoms with van der Waals surface area (Å²) in [5, 5.41) is 21.9. The quantitative estimate of drug-likeness (QED) is 0.626. The highest BCUT2D eigenvalue weighted by Gasteiger charge is 2.24. The van der Waals surface area contributed by atoms with Gasteiger partial charge in [-0.1, -0.05) is 6.92 Å². The molecule has 2 N–H and O–H groups in total. The van der Waals surface area contributed by atoms with Crippen LogP contribution in [0.15, 0.2) is 12.1 Å². The fourth-order valence-corrected chi connectivity index (χ4v) is 1.41. The Kier molecular flexibility index (Phi) is 4.87. The predicted octanol–water partition coefficient (Wildman–Crippen LogP) is 1.37. The van der Waals surface area contributed by atoms with Gasteiger partial charge < -0.3 is 10.4 Å². The summed E-state index contributed by atoms with van der Waals surface area (Å²) in [4.78, 5) is 21.5. The van der Waals surface area contributed by atoms with Crippen molar-refractivity contribution in [2.45, 2.75) is 19.4 Å². The van der Waals surface area contributed by atoms with Gasteiger partial charge in [-0.3, -0.25) is 14.9 Å². The molecule has 0 saturated carbocycles. The minimum atomic E-state index is -1.41. The molecule has 8 heteroatoms. The van der Waals surface area contributed by atoms with Crippen LogP contribution < -0.4 is 5.32 Å². The molecule has 1 aromatic rings. The molecule has 0 saturated heterocycles. The van der Waals surface area contributed by atoms with E-state index in [-0.39, 0.29) is 6.61 Å². The molecule has 1 rings (SSSR count). The molecular weight excluding hydrogens is 262 g/mol. The molecule has 0 aliphatic rings. The number of carbonyl (C=O) groups excluding carboxylic acids is 1. The van der Waals surface area contributed by atoms with E-state index in [2.05, 4.69) is 5.32 Å². The van der Waals surface area contributed by atoms with E-state index in [0.29, 0.717) is 18.6 Å². The Balaban J connectivity index is 3.14. The van der Waals surface area contributed by atoms with E-state index in [4.69, 9.17) is 5.11 Å². The number of benzene rings is 1. The fraction of sp³-hybridized carbons (Fsp3) is 0.364. The molecule has 0 heterocycles. The molecular formula is C11H12F2N2O4. The number of amides is 1. The Bertz CT molecular complexity index is 504. The summed E-state index contributed by atoms with van der Waals surface area (Å²) in [6, 6.07) is 0.206. The number of nitrogens with zero attached hydrogens (tertiary/aromatic N) is 1. The number of aliphatic hydroxyl groups is 1. The van der Waals surface area contributed by atoms with Crippen LogP contribution in [0.1, 0.15) is 23.7 Å². The second-order valence-corrected chi connectivity index (χ2v) is 3.80. The Morgan fingerprint density at radius 1 is 1.47 bits per heavy atom. The molecule has 0 aliphatic heterocycles. The van der Waals surface area contributed by atoms with Crippen molar-refractivity contribution in [3.8, 4) is 0 Å². The molecule has 0 fully saturated rings. The Morgan fingerprint density at radius 3 is 2.53 bits per heavy atom. The van der Waals surface area contributed by atoms with Crippen molar-refractivity contribution in [2.75, 3.05) is 6.61 Å². The molecule has 1 atom stereocenters. The van der Waals surface area contributed by atoms with Crippen LogP contribution in [0.5, 0.6) is 0 Å². The number of halogens is 2. The highest BCUT2D eigenvalue weighted by atomic mass is 19.2. The van der Waals surface area contributed by atoms with E-state index in [1.54, 1.807) is 6.92 Å². The highest BCUT2D eigenvalue weighted by Crippen LogP contribution is 2.22. The lowest BCUT2D eigenvalue weighted by molar-refractivity contribution is -0.385. The van der Waals surface area contributed by atoms with Crippen molar-refractivity contribution in [3.63, 3.8) is 0 Å². The zero-order valence-corrected chi connectivity index (χ0v) is 10.0. The number of rotatable bonds is 5. The largest absolute Gasteiger partial charge is 0.394 e. The number of nitrogens with one attached hydrogen (secondary N) is 1. The average molecular weight is 274 g/mol. The number of nitro groups is 1. The van der Waals surface area contributed by atoms with Gasteiger partial charge >= 0.3 is 0 Å². The van der Waals surface area contributed by atoms with Gasteiger partial charge in [-0.05, 0) is 12.5 Å². The molecule has 6 nitrogen and oxygen atoms in total. The number of nitro benzene ring substituents is 1. The first-order valence-electron chi connectivity index (χ1n) is 5.45. The van der Waals surface area contributed by atoms with Gasteiger partial charge in [0.25, 0.3) is 11.6 Å². The van der Waals surface area contributed by atoms with Crippen LogP contribution in [0.2, 0.25) is 0 Å². The predicted molar refractivity (Wildman–Crippen MR) is 61.6 cm³/mol. The van der Waals surface area contributed by atoms with Crippen molar-refractivity contribution in [1.29, 1.82) is 0 Å². The van der Waals surface area contributed by atoms with Gasteiger partial charge in [0.2, 0.25) is 0 Å². The van der Waals surface area contributed by atoms with Crippen molar-refractivity contribution in [1.82, 2.24) is 5.32 Å².